The molecule has 196 valence electrons. The molecule has 0 atom stereocenters. The fourth-order valence-corrected chi connectivity index (χ4v) is 5.16. The number of rotatable bonds is 8. The van der Waals surface area contributed by atoms with Crippen LogP contribution in [0.3, 0.4) is 0 Å². The molecule has 0 bridgehead atoms. The van der Waals surface area contributed by atoms with Crippen LogP contribution in [0.15, 0.2) is 46.2 Å². The van der Waals surface area contributed by atoms with Gasteiger partial charge in [-0.05, 0) is 49.1 Å². The number of hydrogen-bond donors (Lipinski definition) is 1. The van der Waals surface area contributed by atoms with Crippen LogP contribution in [-0.2, 0) is 10.2 Å². The zero-order valence-corrected chi connectivity index (χ0v) is 22.9. The third kappa shape index (κ3) is 6.23. The molecular weight excluding hydrogens is 488 g/mol. The Morgan fingerprint density at radius 3 is 2.27 bits per heavy atom. The molecule has 0 unspecified atom stereocenters. The minimum Gasteiger partial charge on any atom is -0.379 e. The molecule has 37 heavy (non-hydrogen) atoms. The van der Waals surface area contributed by atoms with Gasteiger partial charge in [-0.1, -0.05) is 32.9 Å². The molecule has 1 aliphatic heterocycles. The molecule has 3 heterocycles. The van der Waals surface area contributed by atoms with Crippen LogP contribution >= 0.6 is 11.3 Å². The first-order chi connectivity index (χ1) is 17.5. The van der Waals surface area contributed by atoms with E-state index in [0.717, 1.165) is 18.8 Å². The summed E-state index contributed by atoms with van der Waals surface area (Å²) in [5.41, 5.74) is 3.38. The molecule has 0 aliphatic carbocycles. The Labute approximate surface area is 221 Å². The SMILES string of the molecule is CC(=NCC(=O)c1ccc(C(=O)CN2CCOCC2)s1)c1c(C)[nH]n(-c2ccc(C(C)(C)C)cc2)c1=O. The Kier molecular flexibility index (Phi) is 8.06. The fraction of sp³-hybridized carbons (Fsp3) is 0.429. The molecule has 1 fully saturated rings. The molecule has 2 aromatic heterocycles. The minimum absolute atomic E-state index is 0.00432. The molecule has 1 aliphatic rings. The number of ketones is 2. The molecule has 1 N–H and O–H groups in total. The molecule has 0 spiro atoms. The maximum Gasteiger partial charge on any atom is 0.280 e. The molecule has 1 saturated heterocycles. The Balaban J connectivity index is 1.44. The number of aromatic nitrogens is 2. The van der Waals surface area contributed by atoms with Gasteiger partial charge >= 0.3 is 0 Å². The first-order valence-corrected chi connectivity index (χ1v) is 13.3. The summed E-state index contributed by atoms with van der Waals surface area (Å²) in [6.07, 6.45) is 0. The van der Waals surface area contributed by atoms with Crippen LogP contribution in [0.25, 0.3) is 5.69 Å². The summed E-state index contributed by atoms with van der Waals surface area (Å²) in [5.74, 6) is -0.175. The lowest BCUT2D eigenvalue weighted by atomic mass is 9.87. The number of nitrogens with one attached hydrogen (secondary N) is 1. The quantitative estimate of drug-likeness (QED) is 0.356. The van der Waals surface area contributed by atoms with Crippen molar-refractivity contribution in [3.8, 4) is 5.69 Å². The second-order valence-electron chi connectivity index (χ2n) is 10.3. The van der Waals surface area contributed by atoms with Gasteiger partial charge in [0.25, 0.3) is 5.56 Å². The van der Waals surface area contributed by atoms with Gasteiger partial charge < -0.3 is 4.74 Å². The van der Waals surface area contributed by atoms with Crippen molar-refractivity contribution in [1.29, 1.82) is 0 Å². The summed E-state index contributed by atoms with van der Waals surface area (Å²) in [6.45, 7) is 13.0. The Morgan fingerprint density at radius 2 is 1.65 bits per heavy atom. The van der Waals surface area contributed by atoms with Gasteiger partial charge in [-0.15, -0.1) is 11.3 Å². The number of thiophene rings is 1. The Hall–Kier alpha value is -3.14. The van der Waals surface area contributed by atoms with Gasteiger partial charge in [-0.2, -0.15) is 0 Å². The smallest absolute Gasteiger partial charge is 0.280 e. The van der Waals surface area contributed by atoms with Crippen LogP contribution in [-0.4, -0.2) is 71.4 Å². The van der Waals surface area contributed by atoms with Crippen molar-refractivity contribution in [2.75, 3.05) is 39.4 Å². The normalized spacial score (nSPS) is 15.2. The number of ether oxygens (including phenoxy) is 1. The van der Waals surface area contributed by atoms with E-state index in [1.54, 1.807) is 19.1 Å². The van der Waals surface area contributed by atoms with E-state index in [1.807, 2.05) is 31.2 Å². The van der Waals surface area contributed by atoms with Crippen LogP contribution in [0, 0.1) is 6.92 Å². The molecular formula is C28H34N4O4S. The van der Waals surface area contributed by atoms with Gasteiger partial charge in [0, 0.05) is 24.5 Å². The zero-order chi connectivity index (χ0) is 26.7. The third-order valence-corrected chi connectivity index (χ3v) is 7.68. The van der Waals surface area contributed by atoms with Gasteiger partial charge in [0.1, 0.15) is 6.54 Å². The van der Waals surface area contributed by atoms with Gasteiger partial charge in [0.15, 0.2) is 11.6 Å². The molecule has 9 heteroatoms. The second kappa shape index (κ2) is 11.1. The molecule has 3 aromatic rings. The topological polar surface area (TPSA) is 96.8 Å². The van der Waals surface area contributed by atoms with Crippen LogP contribution in [0.2, 0.25) is 0 Å². The lowest BCUT2D eigenvalue weighted by Gasteiger charge is -2.25. The van der Waals surface area contributed by atoms with Gasteiger partial charge in [0.05, 0.1) is 40.8 Å². The summed E-state index contributed by atoms with van der Waals surface area (Å²) in [5, 5.41) is 3.13. The molecule has 8 nitrogen and oxygen atoms in total. The molecule has 0 saturated carbocycles. The molecule has 0 amide bonds. The summed E-state index contributed by atoms with van der Waals surface area (Å²) in [6, 6.07) is 11.3. The van der Waals surface area contributed by atoms with Gasteiger partial charge in [0.2, 0.25) is 0 Å². The van der Waals surface area contributed by atoms with Crippen molar-refractivity contribution < 1.29 is 14.3 Å². The van der Waals surface area contributed by atoms with Gasteiger partial charge in [-0.3, -0.25) is 29.4 Å². The maximum absolute atomic E-state index is 13.2. The van der Waals surface area contributed by atoms with Crippen molar-refractivity contribution >= 4 is 28.6 Å². The van der Waals surface area contributed by atoms with Crippen LogP contribution in [0.4, 0.5) is 0 Å². The van der Waals surface area contributed by atoms with E-state index in [2.05, 4.69) is 35.8 Å². The summed E-state index contributed by atoms with van der Waals surface area (Å²) in [4.78, 5) is 46.1. The number of benzene rings is 1. The lowest BCUT2D eigenvalue weighted by molar-refractivity contribution is 0.0372. The molecule has 1 aromatic carbocycles. The van der Waals surface area contributed by atoms with E-state index >= 15 is 0 Å². The fourth-order valence-electron chi connectivity index (χ4n) is 4.29. The van der Waals surface area contributed by atoms with E-state index in [-0.39, 0.29) is 29.1 Å². The highest BCUT2D eigenvalue weighted by Crippen LogP contribution is 2.23. The number of aryl methyl sites for hydroxylation is 1. The van der Waals surface area contributed by atoms with Crippen molar-refractivity contribution in [2.24, 2.45) is 4.99 Å². The van der Waals surface area contributed by atoms with Gasteiger partial charge in [-0.25, -0.2) is 4.68 Å². The van der Waals surface area contributed by atoms with Crippen molar-refractivity contribution in [3.05, 3.63) is 73.3 Å². The Bertz CT molecular complexity index is 1370. The highest BCUT2D eigenvalue weighted by molar-refractivity contribution is 7.16. The van der Waals surface area contributed by atoms with Crippen LogP contribution < -0.4 is 5.56 Å². The largest absolute Gasteiger partial charge is 0.379 e. The van der Waals surface area contributed by atoms with E-state index < -0.39 is 0 Å². The average Bonchev–Trinajstić information content (AvgIpc) is 3.47. The molecule has 0 radical (unpaired) electrons. The monoisotopic (exact) mass is 522 g/mol. The summed E-state index contributed by atoms with van der Waals surface area (Å²) in [7, 11) is 0. The van der Waals surface area contributed by atoms with E-state index in [0.29, 0.717) is 46.5 Å². The predicted molar refractivity (Wildman–Crippen MR) is 147 cm³/mol. The minimum atomic E-state index is -0.207. The van der Waals surface area contributed by atoms with Crippen molar-refractivity contribution in [1.82, 2.24) is 14.7 Å². The van der Waals surface area contributed by atoms with Crippen molar-refractivity contribution in [2.45, 2.75) is 40.0 Å². The number of carbonyl (C=O) groups excluding carboxylic acids is 2. The highest BCUT2D eigenvalue weighted by atomic mass is 32.1. The number of H-pyrrole nitrogens is 1. The van der Waals surface area contributed by atoms with E-state index in [4.69, 9.17) is 4.74 Å². The predicted octanol–water partition coefficient (Wildman–Crippen LogP) is 4.04. The number of carbonyl (C=O) groups is 2. The summed E-state index contributed by atoms with van der Waals surface area (Å²) >= 11 is 1.20. The first kappa shape index (κ1) is 26.9. The third-order valence-electron chi connectivity index (χ3n) is 6.51. The number of aromatic amines is 1. The van der Waals surface area contributed by atoms with Crippen LogP contribution in [0.5, 0.6) is 0 Å². The highest BCUT2D eigenvalue weighted by Gasteiger charge is 2.20. The number of morpholine rings is 1. The maximum atomic E-state index is 13.2. The van der Waals surface area contributed by atoms with E-state index in [9.17, 15) is 14.4 Å². The standard InChI is InChI=1S/C28H34N4O4S/c1-18(26-19(2)30-32(27(26)35)21-8-6-20(7-9-21)28(3,4)5)29-16-22(33)24-10-11-25(37-24)23(34)17-31-12-14-36-15-13-31/h6-11,30H,12-17H2,1-5H3. The summed E-state index contributed by atoms with van der Waals surface area (Å²) < 4.78 is 6.83. The lowest BCUT2D eigenvalue weighted by Crippen LogP contribution is -2.39. The van der Waals surface area contributed by atoms with E-state index in [1.165, 1.54) is 21.6 Å². The zero-order valence-electron chi connectivity index (χ0n) is 22.1. The number of Topliss-reactive ketones (excluding diaryl/α,β-unsaturated/α-hetero) is 2. The average molecular weight is 523 g/mol. The Morgan fingerprint density at radius 1 is 1.03 bits per heavy atom. The molecule has 4 rings (SSSR count). The van der Waals surface area contributed by atoms with Crippen LogP contribution in [0.1, 0.15) is 63.9 Å². The first-order valence-electron chi connectivity index (χ1n) is 12.4. The number of aliphatic imine (C=N–C) groups is 1. The number of nitrogens with zero attached hydrogens (tertiary/aromatic N) is 3. The number of hydrogen-bond acceptors (Lipinski definition) is 7. The second-order valence-corrected chi connectivity index (χ2v) is 11.4. The van der Waals surface area contributed by atoms with Crippen molar-refractivity contribution in [3.63, 3.8) is 0 Å².